The van der Waals surface area contributed by atoms with Gasteiger partial charge in [-0.25, -0.2) is 13.8 Å². The minimum Gasteiger partial charge on any atom is -0.345 e. The van der Waals surface area contributed by atoms with Crippen molar-refractivity contribution < 1.29 is 18.4 Å². The number of hydrogen-bond donors (Lipinski definition) is 2. The molecule has 1 aromatic carbocycles. The maximum Gasteiger partial charge on any atom is 0.262 e. The van der Waals surface area contributed by atoms with Crippen LogP contribution in [-0.4, -0.2) is 27.9 Å². The van der Waals surface area contributed by atoms with Crippen LogP contribution < -0.4 is 16.2 Å². The highest BCUT2D eigenvalue weighted by Crippen LogP contribution is 2.20. The molecule has 0 saturated carbocycles. The van der Waals surface area contributed by atoms with Crippen LogP contribution >= 0.6 is 11.3 Å². The third kappa shape index (κ3) is 4.39. The fraction of sp³-hybridized carbons (Fsp3) is 0.222. The van der Waals surface area contributed by atoms with Crippen LogP contribution in [-0.2, 0) is 22.6 Å². The van der Waals surface area contributed by atoms with Crippen LogP contribution in [0.5, 0.6) is 0 Å². The monoisotopic (exact) mass is 406 g/mol. The standard InChI is InChI=1S/C18H16F2N4O3S/c1-2-11-6-12-17(28-11)22-9-24(18(12)27)8-16(26)21-7-15(25)23-10-3-4-13(19)14(20)5-10/h3-6,9H,2,7-8H2,1H3,(H,21,26)(H,23,25). The van der Waals surface area contributed by atoms with Crippen molar-refractivity contribution in [1.82, 2.24) is 14.9 Å². The molecule has 3 aromatic rings. The molecule has 0 saturated heterocycles. The molecule has 2 heterocycles. The first kappa shape index (κ1) is 19.6. The lowest BCUT2D eigenvalue weighted by Gasteiger charge is -2.08. The first-order valence-electron chi connectivity index (χ1n) is 8.37. The van der Waals surface area contributed by atoms with Crippen molar-refractivity contribution in [3.05, 3.63) is 57.5 Å². The van der Waals surface area contributed by atoms with Crippen LogP contribution in [0.25, 0.3) is 10.2 Å². The molecular weight excluding hydrogens is 390 g/mol. The zero-order valence-electron chi connectivity index (χ0n) is 14.8. The summed E-state index contributed by atoms with van der Waals surface area (Å²) in [5, 5.41) is 5.15. The molecule has 10 heteroatoms. The van der Waals surface area contributed by atoms with Crippen LogP contribution in [0.1, 0.15) is 11.8 Å². The molecule has 0 bridgehead atoms. The van der Waals surface area contributed by atoms with Crippen molar-refractivity contribution in [1.29, 1.82) is 0 Å². The fourth-order valence-electron chi connectivity index (χ4n) is 2.47. The van der Waals surface area contributed by atoms with Crippen molar-refractivity contribution in [2.24, 2.45) is 0 Å². The minimum atomic E-state index is -1.09. The second kappa shape index (κ2) is 8.26. The molecule has 0 aliphatic rings. The number of hydrogen-bond acceptors (Lipinski definition) is 5. The molecule has 2 N–H and O–H groups in total. The normalized spacial score (nSPS) is 10.8. The molecule has 0 radical (unpaired) electrons. The summed E-state index contributed by atoms with van der Waals surface area (Å²) in [6.07, 6.45) is 2.08. The van der Waals surface area contributed by atoms with E-state index in [1.54, 1.807) is 6.07 Å². The number of carbonyl (C=O) groups is 2. The Kier molecular flexibility index (Phi) is 5.78. The highest BCUT2D eigenvalue weighted by molar-refractivity contribution is 7.18. The molecule has 2 amide bonds. The Morgan fingerprint density at radius 2 is 1.96 bits per heavy atom. The molecule has 0 aliphatic carbocycles. The van der Waals surface area contributed by atoms with Gasteiger partial charge in [-0.2, -0.15) is 0 Å². The first-order chi connectivity index (χ1) is 13.4. The van der Waals surface area contributed by atoms with Crippen molar-refractivity contribution in [2.45, 2.75) is 19.9 Å². The van der Waals surface area contributed by atoms with Gasteiger partial charge in [0.2, 0.25) is 11.8 Å². The van der Waals surface area contributed by atoms with Gasteiger partial charge in [0.1, 0.15) is 11.4 Å². The van der Waals surface area contributed by atoms with Crippen LogP contribution in [0.3, 0.4) is 0 Å². The van der Waals surface area contributed by atoms with Gasteiger partial charge in [0, 0.05) is 16.6 Å². The average molecular weight is 406 g/mol. The van der Waals surface area contributed by atoms with Crippen molar-refractivity contribution in [3.8, 4) is 0 Å². The average Bonchev–Trinajstić information content (AvgIpc) is 3.10. The summed E-state index contributed by atoms with van der Waals surface area (Å²) < 4.78 is 27.2. The smallest absolute Gasteiger partial charge is 0.262 e. The van der Waals surface area contributed by atoms with Crippen LogP contribution in [0, 0.1) is 11.6 Å². The number of benzene rings is 1. The van der Waals surface area contributed by atoms with Crippen molar-refractivity contribution >= 4 is 39.1 Å². The Morgan fingerprint density at radius 3 is 2.68 bits per heavy atom. The summed E-state index contributed by atoms with van der Waals surface area (Å²) in [5.41, 5.74) is -0.268. The maximum atomic E-state index is 13.1. The lowest BCUT2D eigenvalue weighted by Crippen LogP contribution is -2.37. The summed E-state index contributed by atoms with van der Waals surface area (Å²) in [6.45, 7) is 1.29. The molecule has 2 aromatic heterocycles. The largest absolute Gasteiger partial charge is 0.345 e. The summed E-state index contributed by atoms with van der Waals surface area (Å²) in [6, 6.07) is 4.68. The molecule has 0 spiro atoms. The van der Waals surface area contributed by atoms with Gasteiger partial charge in [-0.3, -0.25) is 19.0 Å². The van der Waals surface area contributed by atoms with Gasteiger partial charge in [-0.15, -0.1) is 11.3 Å². The molecule has 0 aliphatic heterocycles. The molecule has 0 fully saturated rings. The van der Waals surface area contributed by atoms with E-state index >= 15 is 0 Å². The van der Waals surface area contributed by atoms with E-state index in [-0.39, 0.29) is 24.3 Å². The molecule has 0 unspecified atom stereocenters. The number of amides is 2. The minimum absolute atomic E-state index is 0.0632. The second-order valence-corrected chi connectivity index (χ2v) is 7.03. The SMILES string of the molecule is CCc1cc2c(=O)n(CC(=O)NCC(=O)Nc3ccc(F)c(F)c3)cnc2s1. The number of thiophene rings is 1. The molecule has 146 valence electrons. The van der Waals surface area contributed by atoms with Crippen LogP contribution in [0.15, 0.2) is 35.4 Å². The highest BCUT2D eigenvalue weighted by atomic mass is 32.1. The number of nitrogens with zero attached hydrogens (tertiary/aromatic N) is 2. The van der Waals surface area contributed by atoms with Crippen molar-refractivity contribution in [2.75, 3.05) is 11.9 Å². The third-order valence-corrected chi connectivity index (χ3v) is 5.07. The molecular formula is C18H16F2N4O3S. The van der Waals surface area contributed by atoms with E-state index in [0.29, 0.717) is 10.2 Å². The van der Waals surface area contributed by atoms with E-state index in [2.05, 4.69) is 15.6 Å². The number of rotatable bonds is 6. The molecule has 7 nitrogen and oxygen atoms in total. The number of carbonyl (C=O) groups excluding carboxylic acids is 2. The number of fused-ring (bicyclic) bond motifs is 1. The maximum absolute atomic E-state index is 13.1. The zero-order chi connectivity index (χ0) is 20.3. The Morgan fingerprint density at radius 1 is 1.18 bits per heavy atom. The number of nitrogens with one attached hydrogen (secondary N) is 2. The van der Waals surface area contributed by atoms with Gasteiger partial charge >= 0.3 is 0 Å². The van der Waals surface area contributed by atoms with Gasteiger partial charge in [0.25, 0.3) is 5.56 Å². The first-order valence-corrected chi connectivity index (χ1v) is 9.18. The van der Waals surface area contributed by atoms with E-state index in [4.69, 9.17) is 0 Å². The number of aromatic nitrogens is 2. The molecule has 3 rings (SSSR count). The van der Waals surface area contributed by atoms with E-state index in [0.717, 1.165) is 28.0 Å². The van der Waals surface area contributed by atoms with Crippen LogP contribution in [0.2, 0.25) is 0 Å². The van der Waals surface area contributed by atoms with E-state index in [9.17, 15) is 23.2 Å². The second-order valence-electron chi connectivity index (χ2n) is 5.92. The molecule has 28 heavy (non-hydrogen) atoms. The quantitative estimate of drug-likeness (QED) is 0.655. The van der Waals surface area contributed by atoms with Gasteiger partial charge < -0.3 is 10.6 Å². The summed E-state index contributed by atoms with van der Waals surface area (Å²) in [5.74, 6) is -3.30. The summed E-state index contributed by atoms with van der Waals surface area (Å²) >= 11 is 1.43. The summed E-state index contributed by atoms with van der Waals surface area (Å²) in [4.78, 5) is 42.1. The van der Waals surface area contributed by atoms with E-state index in [1.807, 2.05) is 6.92 Å². The Bertz CT molecular complexity index is 1110. The highest BCUT2D eigenvalue weighted by Gasteiger charge is 2.12. The predicted molar refractivity (Wildman–Crippen MR) is 101 cm³/mol. The fourth-order valence-corrected chi connectivity index (χ4v) is 3.39. The number of anilines is 1. The van der Waals surface area contributed by atoms with E-state index in [1.165, 1.54) is 23.7 Å². The topological polar surface area (TPSA) is 93.1 Å². The Balaban J connectivity index is 1.58. The van der Waals surface area contributed by atoms with Gasteiger partial charge in [0.05, 0.1) is 18.3 Å². The van der Waals surface area contributed by atoms with Gasteiger partial charge in [0.15, 0.2) is 11.6 Å². The van der Waals surface area contributed by atoms with Crippen molar-refractivity contribution in [3.63, 3.8) is 0 Å². The molecule has 0 atom stereocenters. The zero-order valence-corrected chi connectivity index (χ0v) is 15.6. The van der Waals surface area contributed by atoms with E-state index < -0.39 is 23.4 Å². The number of halogens is 2. The summed E-state index contributed by atoms with van der Waals surface area (Å²) in [7, 11) is 0. The number of aryl methyl sites for hydroxylation is 1. The van der Waals surface area contributed by atoms with Gasteiger partial charge in [-0.1, -0.05) is 6.92 Å². The van der Waals surface area contributed by atoms with Gasteiger partial charge in [-0.05, 0) is 24.6 Å². The Labute approximate surface area is 162 Å². The third-order valence-electron chi connectivity index (χ3n) is 3.88. The lowest BCUT2D eigenvalue weighted by atomic mass is 10.3. The Hall–Kier alpha value is -3.14. The lowest BCUT2D eigenvalue weighted by molar-refractivity contribution is -0.124. The van der Waals surface area contributed by atoms with Crippen LogP contribution in [0.4, 0.5) is 14.5 Å². The predicted octanol–water partition coefficient (Wildman–Crippen LogP) is 2.05.